The van der Waals surface area contributed by atoms with Crippen molar-refractivity contribution in [1.82, 2.24) is 19.4 Å². The smallest absolute Gasteiger partial charge is 0.321 e. The number of para-hydroxylation sites is 3. The van der Waals surface area contributed by atoms with E-state index in [9.17, 15) is 9.59 Å². The first-order valence-corrected chi connectivity index (χ1v) is 11.0. The number of imidazole rings is 1. The Kier molecular flexibility index (Phi) is 5.72. The first-order valence-electron chi connectivity index (χ1n) is 11.0. The first kappa shape index (κ1) is 20.7. The quantitative estimate of drug-likeness (QED) is 0.495. The Balaban J connectivity index is 1.16. The predicted octanol–water partition coefficient (Wildman–Crippen LogP) is 4.30. The van der Waals surface area contributed by atoms with Crippen LogP contribution in [0.3, 0.4) is 0 Å². The fourth-order valence-electron chi connectivity index (χ4n) is 4.06. The van der Waals surface area contributed by atoms with E-state index < -0.39 is 0 Å². The highest BCUT2D eigenvalue weighted by Crippen LogP contribution is 2.21. The normalized spacial score (nSPS) is 14.2. The van der Waals surface area contributed by atoms with E-state index in [1.807, 2.05) is 71.3 Å². The maximum Gasteiger partial charge on any atom is 0.321 e. The molecular formula is C25H24N6O2. The zero-order valence-electron chi connectivity index (χ0n) is 18.0. The fraction of sp³-hybridized carbons (Fsp3) is 0.200. The molecule has 0 unspecified atom stereocenters. The van der Waals surface area contributed by atoms with Crippen molar-refractivity contribution in [3.8, 4) is 5.82 Å². The topological polar surface area (TPSA) is 92.2 Å². The Labute approximate surface area is 191 Å². The van der Waals surface area contributed by atoms with E-state index in [2.05, 4.69) is 20.6 Å². The summed E-state index contributed by atoms with van der Waals surface area (Å²) >= 11 is 0. The highest BCUT2D eigenvalue weighted by molar-refractivity contribution is 5.93. The van der Waals surface area contributed by atoms with Crippen molar-refractivity contribution in [2.75, 3.05) is 23.7 Å². The molecule has 4 aromatic rings. The van der Waals surface area contributed by atoms with Crippen molar-refractivity contribution in [2.45, 2.75) is 12.8 Å². The summed E-state index contributed by atoms with van der Waals surface area (Å²) in [6.45, 7) is 1.09. The Bertz CT molecular complexity index is 1260. The van der Waals surface area contributed by atoms with E-state index >= 15 is 0 Å². The maximum absolute atomic E-state index is 12.8. The van der Waals surface area contributed by atoms with Gasteiger partial charge >= 0.3 is 6.03 Å². The van der Waals surface area contributed by atoms with E-state index in [-0.39, 0.29) is 17.9 Å². The predicted molar refractivity (Wildman–Crippen MR) is 127 cm³/mol. The monoisotopic (exact) mass is 440 g/mol. The largest absolute Gasteiger partial charge is 0.324 e. The van der Waals surface area contributed by atoms with Crippen molar-refractivity contribution in [2.24, 2.45) is 5.92 Å². The maximum atomic E-state index is 12.8. The Morgan fingerprint density at radius 1 is 0.818 bits per heavy atom. The third kappa shape index (κ3) is 4.55. The Morgan fingerprint density at radius 3 is 2.33 bits per heavy atom. The minimum atomic E-state index is -0.136. The summed E-state index contributed by atoms with van der Waals surface area (Å²) in [7, 11) is 0. The second-order valence-corrected chi connectivity index (χ2v) is 8.06. The molecule has 0 saturated carbocycles. The van der Waals surface area contributed by atoms with Gasteiger partial charge in [0.25, 0.3) is 0 Å². The number of hydrogen-bond acceptors (Lipinski definition) is 4. The average molecular weight is 441 g/mol. The third-order valence-corrected chi connectivity index (χ3v) is 5.89. The summed E-state index contributed by atoms with van der Waals surface area (Å²) < 4.78 is 1.91. The molecule has 2 aromatic carbocycles. The van der Waals surface area contributed by atoms with Gasteiger partial charge in [-0.15, -0.1) is 0 Å². The number of urea groups is 1. The van der Waals surface area contributed by atoms with E-state index in [1.54, 1.807) is 17.4 Å². The lowest BCUT2D eigenvalue weighted by molar-refractivity contribution is -0.121. The number of aromatic nitrogens is 3. The van der Waals surface area contributed by atoms with Gasteiger partial charge in [0.15, 0.2) is 0 Å². The standard InChI is InChI=1S/C25H24N6O2/c32-24(18-12-14-30(15-13-18)25(33)29-19-6-2-1-3-7-19)28-20-10-11-23(26-16-20)31-17-27-21-8-4-5-9-22(21)31/h1-11,16-18H,12-15H2,(H,28,32)(H,29,33). The molecule has 1 aliphatic rings. The summed E-state index contributed by atoms with van der Waals surface area (Å²) in [4.78, 5) is 35.8. The van der Waals surface area contributed by atoms with E-state index in [0.29, 0.717) is 31.6 Å². The number of nitrogens with one attached hydrogen (secondary N) is 2. The van der Waals surface area contributed by atoms with Gasteiger partial charge in [-0.05, 0) is 49.2 Å². The van der Waals surface area contributed by atoms with Crippen molar-refractivity contribution in [1.29, 1.82) is 0 Å². The van der Waals surface area contributed by atoms with Crippen molar-refractivity contribution < 1.29 is 9.59 Å². The molecular weight excluding hydrogens is 416 g/mol. The molecule has 1 fully saturated rings. The van der Waals surface area contributed by atoms with Crippen LogP contribution in [0.4, 0.5) is 16.2 Å². The number of carbonyl (C=O) groups excluding carboxylic acids is 2. The molecule has 166 valence electrons. The number of fused-ring (bicyclic) bond motifs is 1. The van der Waals surface area contributed by atoms with Gasteiger partial charge in [-0.2, -0.15) is 0 Å². The highest BCUT2D eigenvalue weighted by Gasteiger charge is 2.27. The van der Waals surface area contributed by atoms with Crippen LogP contribution in [0.15, 0.2) is 79.3 Å². The van der Waals surface area contributed by atoms with Gasteiger partial charge < -0.3 is 15.5 Å². The van der Waals surface area contributed by atoms with Crippen LogP contribution in [0.2, 0.25) is 0 Å². The second kappa shape index (κ2) is 9.12. The molecule has 0 atom stereocenters. The number of hydrogen-bond donors (Lipinski definition) is 2. The van der Waals surface area contributed by atoms with Crippen LogP contribution in [0.1, 0.15) is 12.8 Å². The molecule has 1 aliphatic heterocycles. The number of likely N-dealkylation sites (tertiary alicyclic amines) is 1. The lowest BCUT2D eigenvalue weighted by Crippen LogP contribution is -2.43. The number of rotatable bonds is 4. The molecule has 0 radical (unpaired) electrons. The van der Waals surface area contributed by atoms with Crippen LogP contribution in [0, 0.1) is 5.92 Å². The Morgan fingerprint density at radius 2 is 1.58 bits per heavy atom. The van der Waals surface area contributed by atoms with E-state index in [4.69, 9.17) is 0 Å². The molecule has 1 saturated heterocycles. The number of piperidine rings is 1. The van der Waals surface area contributed by atoms with Crippen LogP contribution in [0.5, 0.6) is 0 Å². The molecule has 5 rings (SSSR count). The molecule has 8 nitrogen and oxygen atoms in total. The lowest BCUT2D eigenvalue weighted by Gasteiger charge is -2.31. The lowest BCUT2D eigenvalue weighted by atomic mass is 9.96. The number of benzene rings is 2. The fourth-order valence-corrected chi connectivity index (χ4v) is 4.06. The summed E-state index contributed by atoms with van der Waals surface area (Å²) in [5.41, 5.74) is 3.30. The number of pyridine rings is 1. The zero-order chi connectivity index (χ0) is 22.6. The minimum absolute atomic E-state index is 0.0410. The van der Waals surface area contributed by atoms with Gasteiger partial charge in [-0.25, -0.2) is 14.8 Å². The van der Waals surface area contributed by atoms with Gasteiger partial charge in [0.1, 0.15) is 12.1 Å². The molecule has 0 aliphatic carbocycles. The number of nitrogens with zero attached hydrogens (tertiary/aromatic N) is 4. The van der Waals surface area contributed by atoms with Crippen LogP contribution < -0.4 is 10.6 Å². The molecule has 3 heterocycles. The van der Waals surface area contributed by atoms with Crippen LogP contribution >= 0.6 is 0 Å². The number of amides is 3. The van der Waals surface area contributed by atoms with Crippen LogP contribution in [-0.2, 0) is 4.79 Å². The second-order valence-electron chi connectivity index (χ2n) is 8.06. The number of carbonyl (C=O) groups is 2. The van der Waals surface area contributed by atoms with E-state index in [0.717, 1.165) is 22.5 Å². The first-order chi connectivity index (χ1) is 16.2. The van der Waals surface area contributed by atoms with Gasteiger partial charge in [-0.3, -0.25) is 9.36 Å². The number of anilines is 2. The highest BCUT2D eigenvalue weighted by atomic mass is 16.2. The van der Waals surface area contributed by atoms with Crippen LogP contribution in [-0.4, -0.2) is 44.5 Å². The molecule has 0 spiro atoms. The van der Waals surface area contributed by atoms with Crippen molar-refractivity contribution >= 4 is 34.3 Å². The summed E-state index contributed by atoms with van der Waals surface area (Å²) in [6.07, 6.45) is 4.65. The molecule has 2 N–H and O–H groups in total. The molecule has 3 amide bonds. The minimum Gasteiger partial charge on any atom is -0.324 e. The van der Waals surface area contributed by atoms with Gasteiger partial charge in [0, 0.05) is 24.7 Å². The summed E-state index contributed by atoms with van der Waals surface area (Å²) in [5, 5.41) is 5.85. The van der Waals surface area contributed by atoms with Crippen LogP contribution in [0.25, 0.3) is 16.9 Å². The molecule has 0 bridgehead atoms. The molecule has 2 aromatic heterocycles. The van der Waals surface area contributed by atoms with E-state index in [1.165, 1.54) is 0 Å². The summed E-state index contributed by atoms with van der Waals surface area (Å²) in [5.74, 6) is 0.559. The molecule has 8 heteroatoms. The van der Waals surface area contributed by atoms with Gasteiger partial charge in [0.05, 0.1) is 22.9 Å². The SMILES string of the molecule is O=C(Nc1ccc(-n2cnc3ccccc32)nc1)C1CCN(C(=O)Nc2ccccc2)CC1. The van der Waals surface area contributed by atoms with Gasteiger partial charge in [0.2, 0.25) is 5.91 Å². The average Bonchev–Trinajstić information content (AvgIpc) is 3.29. The van der Waals surface area contributed by atoms with Crippen molar-refractivity contribution in [3.05, 3.63) is 79.3 Å². The van der Waals surface area contributed by atoms with Gasteiger partial charge in [-0.1, -0.05) is 30.3 Å². The third-order valence-electron chi connectivity index (χ3n) is 5.89. The Hall–Kier alpha value is -4.20. The van der Waals surface area contributed by atoms with Crippen molar-refractivity contribution in [3.63, 3.8) is 0 Å². The summed E-state index contributed by atoms with van der Waals surface area (Å²) in [6, 6.07) is 20.8. The molecule has 33 heavy (non-hydrogen) atoms. The zero-order valence-corrected chi connectivity index (χ0v) is 18.0.